The molecule has 3 rings (SSSR count). The molecule has 2 atom stereocenters. The molecule has 2 fully saturated rings. The molecule has 0 bridgehead atoms. The van der Waals surface area contributed by atoms with Crippen molar-refractivity contribution in [2.45, 2.75) is 177 Å². The van der Waals surface area contributed by atoms with Gasteiger partial charge < -0.3 is 0 Å². The van der Waals surface area contributed by atoms with Gasteiger partial charge >= 0.3 is 0 Å². The summed E-state index contributed by atoms with van der Waals surface area (Å²) in [4.78, 5) is 5.65. The van der Waals surface area contributed by atoms with E-state index >= 15 is 0 Å². The van der Waals surface area contributed by atoms with E-state index in [1.165, 1.54) is 107 Å². The molecule has 234 valence electrons. The first-order valence-electron chi connectivity index (χ1n) is 17.8. The van der Waals surface area contributed by atoms with E-state index in [1.807, 2.05) is 0 Å². The second-order valence-corrected chi connectivity index (χ2v) is 15.0. The molecule has 1 aromatic rings. The second-order valence-electron chi connectivity index (χ2n) is 15.0. The maximum absolute atomic E-state index is 5.65. The lowest BCUT2D eigenvalue weighted by atomic mass is 9.75. The minimum Gasteiger partial charge on any atom is -0.278 e. The molecule has 0 amide bonds. The maximum atomic E-state index is 5.65. The molecular weight excluding hydrogens is 494 g/mol. The summed E-state index contributed by atoms with van der Waals surface area (Å²) in [5.41, 5.74) is 6.55. The van der Waals surface area contributed by atoms with E-state index in [0.29, 0.717) is 17.3 Å². The minimum absolute atomic E-state index is 0.0251. The van der Waals surface area contributed by atoms with Gasteiger partial charge in [-0.15, -0.1) is 0 Å². The first kappa shape index (κ1) is 35.8. The van der Waals surface area contributed by atoms with Crippen molar-refractivity contribution in [2.24, 2.45) is 28.2 Å². The molecule has 0 aromatic heterocycles. The van der Waals surface area contributed by atoms with Crippen LogP contribution in [0.4, 0.5) is 0 Å². The van der Waals surface area contributed by atoms with Crippen molar-refractivity contribution in [2.75, 3.05) is 0 Å². The van der Waals surface area contributed by atoms with Gasteiger partial charge in [0.1, 0.15) is 0 Å². The van der Waals surface area contributed by atoms with Gasteiger partial charge in [0.15, 0.2) is 0 Å². The van der Waals surface area contributed by atoms with Gasteiger partial charge in [0.2, 0.25) is 0 Å². The molecule has 1 aromatic carbocycles. The van der Waals surface area contributed by atoms with Crippen LogP contribution in [-0.4, -0.2) is 5.71 Å². The Labute approximate surface area is 257 Å². The molecule has 0 radical (unpaired) electrons. The molecule has 0 heterocycles. The van der Waals surface area contributed by atoms with E-state index in [0.717, 1.165) is 12.3 Å². The van der Waals surface area contributed by atoms with Gasteiger partial charge in [-0.3, -0.25) is 4.99 Å². The van der Waals surface area contributed by atoms with Crippen LogP contribution in [0.2, 0.25) is 0 Å². The van der Waals surface area contributed by atoms with Crippen molar-refractivity contribution in [3.8, 4) is 0 Å². The van der Waals surface area contributed by atoms with Crippen LogP contribution in [0.25, 0.3) is 0 Å². The lowest BCUT2D eigenvalue weighted by molar-refractivity contribution is 0.261. The van der Waals surface area contributed by atoms with Crippen LogP contribution < -0.4 is 0 Å². The van der Waals surface area contributed by atoms with Crippen LogP contribution >= 0.6 is 0 Å². The van der Waals surface area contributed by atoms with E-state index in [9.17, 15) is 0 Å². The number of benzene rings is 1. The maximum Gasteiger partial charge on any atom is 0.0892 e. The smallest absolute Gasteiger partial charge is 0.0892 e. The van der Waals surface area contributed by atoms with Crippen molar-refractivity contribution < 1.29 is 0 Å². The number of rotatable bonds is 15. The topological polar surface area (TPSA) is 12.4 Å². The number of hydrogen-bond donors (Lipinski definition) is 0. The highest BCUT2D eigenvalue weighted by molar-refractivity contribution is 5.97. The Bertz CT molecular complexity index is 942. The zero-order valence-electron chi connectivity index (χ0n) is 29.3. The van der Waals surface area contributed by atoms with Crippen molar-refractivity contribution in [3.63, 3.8) is 0 Å². The van der Waals surface area contributed by atoms with Gasteiger partial charge in [-0.25, -0.2) is 0 Å². The summed E-state index contributed by atoms with van der Waals surface area (Å²) in [6.45, 7) is 27.6. The molecule has 1 heteroatoms. The van der Waals surface area contributed by atoms with Gasteiger partial charge in [0, 0.05) is 11.6 Å². The summed E-state index contributed by atoms with van der Waals surface area (Å²) in [6.07, 6.45) is 21.5. The lowest BCUT2D eigenvalue weighted by Gasteiger charge is -2.31. The van der Waals surface area contributed by atoms with Gasteiger partial charge in [-0.05, 0) is 96.8 Å². The number of unbranched alkanes of at least 4 members (excludes halogenated alkanes) is 1. The third-order valence-corrected chi connectivity index (χ3v) is 10.7. The molecule has 0 saturated heterocycles. The molecule has 41 heavy (non-hydrogen) atoms. The van der Waals surface area contributed by atoms with E-state index in [4.69, 9.17) is 4.99 Å². The first-order chi connectivity index (χ1) is 19.5. The lowest BCUT2D eigenvalue weighted by Crippen LogP contribution is -2.24. The number of aliphatic imine (C=N–C) groups is 1. The molecule has 0 spiro atoms. The van der Waals surface area contributed by atoms with Crippen LogP contribution in [-0.2, 0) is 17.4 Å². The fraction of sp³-hybridized carbons (Fsp3) is 0.775. The Balaban J connectivity index is 0.00000187. The number of allylic oxidation sites excluding steroid dienone is 1. The average Bonchev–Trinajstić information content (AvgIpc) is 3.69. The van der Waals surface area contributed by atoms with E-state index in [2.05, 4.69) is 100 Å². The zero-order valence-corrected chi connectivity index (χ0v) is 29.3. The largest absolute Gasteiger partial charge is 0.278 e. The monoisotopic (exact) mass is 564 g/mol. The fourth-order valence-corrected chi connectivity index (χ4v) is 7.22. The van der Waals surface area contributed by atoms with Crippen LogP contribution in [0, 0.1) is 23.2 Å². The standard InChI is InChI=1S/C37H61N.C3H8/c1-10-15-25-36(8,9)33-26-32(23-22-29(33)11-2)37(27-31(37)12-3)38-34(13-4)30-20-18-28(19-21-30)17-16-24-35(6,7)14-5;1-3-2/h13,22-23,26,28,30-31H,4,10-12,14-21,24-25,27H2,1-3,5-9H3;3H2,1-2H3. The summed E-state index contributed by atoms with van der Waals surface area (Å²) < 4.78 is 0. The highest BCUT2D eigenvalue weighted by atomic mass is 15.0. The SMILES string of the molecule is C=CC(=NC1(c2ccc(CC)c(C(C)(C)CCCC)c2)CC1CC)C1CCC(CCCC(C)(C)CC)CC1.CCC. The molecule has 2 aliphatic rings. The normalized spacial score (nSPS) is 24.9. The highest BCUT2D eigenvalue weighted by Gasteiger charge is 2.55. The van der Waals surface area contributed by atoms with Crippen LogP contribution in [0.5, 0.6) is 0 Å². The fourth-order valence-electron chi connectivity index (χ4n) is 7.22. The number of hydrogen-bond acceptors (Lipinski definition) is 1. The van der Waals surface area contributed by atoms with Crippen molar-refractivity contribution in [3.05, 3.63) is 47.5 Å². The van der Waals surface area contributed by atoms with Gasteiger partial charge in [-0.2, -0.15) is 0 Å². The summed E-state index contributed by atoms with van der Waals surface area (Å²) in [5, 5.41) is 0. The van der Waals surface area contributed by atoms with Crippen molar-refractivity contribution in [1.29, 1.82) is 0 Å². The Hall–Kier alpha value is -1.37. The van der Waals surface area contributed by atoms with Crippen LogP contribution in [0.15, 0.2) is 35.8 Å². The average molecular weight is 564 g/mol. The Morgan fingerprint density at radius 2 is 1.61 bits per heavy atom. The molecule has 2 saturated carbocycles. The molecule has 1 nitrogen and oxygen atoms in total. The van der Waals surface area contributed by atoms with E-state index in [-0.39, 0.29) is 11.0 Å². The highest BCUT2D eigenvalue weighted by Crippen LogP contribution is 2.58. The minimum atomic E-state index is -0.0251. The van der Waals surface area contributed by atoms with Gasteiger partial charge in [0.05, 0.1) is 5.54 Å². The van der Waals surface area contributed by atoms with E-state index < -0.39 is 0 Å². The van der Waals surface area contributed by atoms with Crippen LogP contribution in [0.1, 0.15) is 176 Å². The molecule has 2 aliphatic carbocycles. The number of nitrogens with zero attached hydrogens (tertiary/aromatic N) is 1. The predicted molar refractivity (Wildman–Crippen MR) is 185 cm³/mol. The van der Waals surface area contributed by atoms with E-state index in [1.54, 1.807) is 5.56 Å². The zero-order chi connectivity index (χ0) is 30.7. The Morgan fingerprint density at radius 1 is 0.951 bits per heavy atom. The van der Waals surface area contributed by atoms with Gasteiger partial charge in [0.25, 0.3) is 0 Å². The summed E-state index contributed by atoms with van der Waals surface area (Å²) in [5.74, 6) is 2.17. The van der Waals surface area contributed by atoms with Gasteiger partial charge in [-0.1, -0.05) is 139 Å². The molecule has 2 unspecified atom stereocenters. The summed E-state index contributed by atoms with van der Waals surface area (Å²) in [7, 11) is 0. The van der Waals surface area contributed by atoms with Crippen molar-refractivity contribution >= 4 is 5.71 Å². The molecule has 0 N–H and O–H groups in total. The van der Waals surface area contributed by atoms with Crippen molar-refractivity contribution in [1.82, 2.24) is 0 Å². The molecular formula is C40H69N. The molecule has 0 aliphatic heterocycles. The Kier molecular flexibility index (Phi) is 14.4. The quantitative estimate of drug-likeness (QED) is 0.188. The Morgan fingerprint density at radius 3 is 2.12 bits per heavy atom. The first-order valence-corrected chi connectivity index (χ1v) is 17.8. The second kappa shape index (κ2) is 16.5. The van der Waals surface area contributed by atoms with Crippen LogP contribution in [0.3, 0.4) is 0 Å². The third kappa shape index (κ3) is 9.83. The predicted octanol–water partition coefficient (Wildman–Crippen LogP) is 12.8. The summed E-state index contributed by atoms with van der Waals surface area (Å²) in [6, 6.07) is 7.43. The summed E-state index contributed by atoms with van der Waals surface area (Å²) >= 11 is 0. The number of aryl methyl sites for hydroxylation is 1. The third-order valence-electron chi connectivity index (χ3n) is 10.7.